The molecule has 0 bridgehead atoms. The summed E-state index contributed by atoms with van der Waals surface area (Å²) in [4.78, 5) is 2.50. The Kier molecular flexibility index (Phi) is 2.93. The molecular formula is C12H16BrN. The fraction of sp³-hybridized carbons (Fsp3) is 0.500. The van der Waals surface area contributed by atoms with Gasteiger partial charge in [0.2, 0.25) is 0 Å². The number of rotatable bonds is 2. The zero-order valence-corrected chi connectivity index (χ0v) is 10.4. The maximum Gasteiger partial charge on any atom is 0.0239 e. The van der Waals surface area contributed by atoms with E-state index in [9.17, 15) is 0 Å². The SMILES string of the molecule is Cc1cc(Br)cc(C)c1CN1CCC1. The molecule has 1 aliphatic heterocycles. The van der Waals surface area contributed by atoms with Gasteiger partial charge in [-0.2, -0.15) is 0 Å². The molecule has 0 aliphatic carbocycles. The summed E-state index contributed by atoms with van der Waals surface area (Å²) < 4.78 is 1.19. The fourth-order valence-corrected chi connectivity index (χ4v) is 2.64. The lowest BCUT2D eigenvalue weighted by atomic mass is 10.0. The molecule has 1 aromatic rings. The van der Waals surface area contributed by atoms with E-state index in [2.05, 4.69) is 46.8 Å². The van der Waals surface area contributed by atoms with Crippen LogP contribution >= 0.6 is 15.9 Å². The van der Waals surface area contributed by atoms with Crippen molar-refractivity contribution in [3.05, 3.63) is 33.3 Å². The lowest BCUT2D eigenvalue weighted by Gasteiger charge is -2.31. The van der Waals surface area contributed by atoms with E-state index in [1.165, 1.54) is 40.7 Å². The molecule has 0 amide bonds. The van der Waals surface area contributed by atoms with Crippen LogP contribution < -0.4 is 0 Å². The fourth-order valence-electron chi connectivity index (χ4n) is 1.95. The van der Waals surface area contributed by atoms with Crippen LogP contribution in [0.5, 0.6) is 0 Å². The molecule has 2 heteroatoms. The van der Waals surface area contributed by atoms with Gasteiger partial charge in [-0.1, -0.05) is 15.9 Å². The third kappa shape index (κ3) is 2.01. The summed E-state index contributed by atoms with van der Waals surface area (Å²) in [5.41, 5.74) is 4.32. The Morgan fingerprint density at radius 1 is 1.21 bits per heavy atom. The molecule has 0 saturated carbocycles. The van der Waals surface area contributed by atoms with Crippen molar-refractivity contribution in [3.63, 3.8) is 0 Å². The third-order valence-electron chi connectivity index (χ3n) is 2.99. The van der Waals surface area contributed by atoms with Crippen LogP contribution in [0.3, 0.4) is 0 Å². The van der Waals surface area contributed by atoms with Gasteiger partial charge in [-0.3, -0.25) is 4.90 Å². The number of likely N-dealkylation sites (tertiary alicyclic amines) is 1. The monoisotopic (exact) mass is 253 g/mol. The molecule has 0 unspecified atom stereocenters. The molecule has 1 fully saturated rings. The highest BCUT2D eigenvalue weighted by Crippen LogP contribution is 2.23. The van der Waals surface area contributed by atoms with Crippen LogP contribution in [-0.4, -0.2) is 18.0 Å². The number of hydrogen-bond acceptors (Lipinski definition) is 1. The average molecular weight is 254 g/mol. The number of benzene rings is 1. The van der Waals surface area contributed by atoms with Crippen LogP contribution in [0.25, 0.3) is 0 Å². The van der Waals surface area contributed by atoms with E-state index in [4.69, 9.17) is 0 Å². The van der Waals surface area contributed by atoms with E-state index in [1.54, 1.807) is 0 Å². The molecule has 0 aromatic heterocycles. The molecule has 0 spiro atoms. The smallest absolute Gasteiger partial charge is 0.0239 e. The number of hydrogen-bond donors (Lipinski definition) is 0. The average Bonchev–Trinajstić information content (AvgIpc) is 1.98. The lowest BCUT2D eigenvalue weighted by Crippen LogP contribution is -2.36. The Balaban J connectivity index is 2.22. The maximum atomic E-state index is 3.53. The first-order valence-corrected chi connectivity index (χ1v) is 5.94. The first-order valence-electron chi connectivity index (χ1n) is 5.15. The van der Waals surface area contributed by atoms with Crippen molar-refractivity contribution in [1.29, 1.82) is 0 Å². The highest BCUT2D eigenvalue weighted by atomic mass is 79.9. The molecule has 1 saturated heterocycles. The zero-order chi connectivity index (χ0) is 10.1. The van der Waals surface area contributed by atoms with Gasteiger partial charge >= 0.3 is 0 Å². The summed E-state index contributed by atoms with van der Waals surface area (Å²) in [7, 11) is 0. The number of nitrogens with zero attached hydrogens (tertiary/aromatic N) is 1. The minimum atomic E-state index is 1.13. The van der Waals surface area contributed by atoms with Crippen LogP contribution in [0, 0.1) is 13.8 Å². The normalized spacial score (nSPS) is 16.8. The van der Waals surface area contributed by atoms with Gasteiger partial charge < -0.3 is 0 Å². The predicted octanol–water partition coefficient (Wildman–Crippen LogP) is 3.27. The van der Waals surface area contributed by atoms with Crippen LogP contribution in [0.1, 0.15) is 23.1 Å². The molecule has 0 N–H and O–H groups in total. The van der Waals surface area contributed by atoms with E-state index in [0.29, 0.717) is 0 Å². The third-order valence-corrected chi connectivity index (χ3v) is 3.45. The van der Waals surface area contributed by atoms with Gasteiger partial charge in [-0.25, -0.2) is 0 Å². The largest absolute Gasteiger partial charge is 0.299 e. The van der Waals surface area contributed by atoms with Crippen molar-refractivity contribution in [1.82, 2.24) is 4.90 Å². The van der Waals surface area contributed by atoms with Crippen molar-refractivity contribution < 1.29 is 0 Å². The molecule has 1 nitrogen and oxygen atoms in total. The Labute approximate surface area is 94.2 Å². The van der Waals surface area contributed by atoms with Gasteiger partial charge in [-0.05, 0) is 62.2 Å². The molecular weight excluding hydrogens is 238 g/mol. The summed E-state index contributed by atoms with van der Waals surface area (Å²) in [6.45, 7) is 8.08. The summed E-state index contributed by atoms with van der Waals surface area (Å²) in [6.07, 6.45) is 1.37. The molecule has 0 radical (unpaired) electrons. The van der Waals surface area contributed by atoms with Gasteiger partial charge in [0.25, 0.3) is 0 Å². The first kappa shape index (κ1) is 10.2. The van der Waals surface area contributed by atoms with Gasteiger partial charge in [0, 0.05) is 11.0 Å². The van der Waals surface area contributed by atoms with Crippen molar-refractivity contribution >= 4 is 15.9 Å². The highest BCUT2D eigenvalue weighted by Gasteiger charge is 2.15. The summed E-state index contributed by atoms with van der Waals surface area (Å²) in [6, 6.07) is 4.42. The Hall–Kier alpha value is -0.340. The quantitative estimate of drug-likeness (QED) is 0.782. The van der Waals surface area contributed by atoms with Crippen LogP contribution in [-0.2, 0) is 6.54 Å². The molecule has 1 heterocycles. The lowest BCUT2D eigenvalue weighted by molar-refractivity contribution is 0.172. The predicted molar refractivity (Wildman–Crippen MR) is 63.5 cm³/mol. The second-order valence-corrected chi connectivity index (χ2v) is 5.06. The van der Waals surface area contributed by atoms with Crippen molar-refractivity contribution in [2.24, 2.45) is 0 Å². The van der Waals surface area contributed by atoms with E-state index < -0.39 is 0 Å². The van der Waals surface area contributed by atoms with E-state index in [-0.39, 0.29) is 0 Å². The molecule has 0 atom stereocenters. The summed E-state index contributed by atoms with van der Waals surface area (Å²) >= 11 is 3.53. The molecule has 76 valence electrons. The Morgan fingerprint density at radius 3 is 2.21 bits per heavy atom. The van der Waals surface area contributed by atoms with Crippen molar-refractivity contribution in [2.75, 3.05) is 13.1 Å². The van der Waals surface area contributed by atoms with E-state index in [0.717, 1.165) is 6.54 Å². The minimum absolute atomic E-state index is 1.13. The summed E-state index contributed by atoms with van der Waals surface area (Å²) in [5.74, 6) is 0. The zero-order valence-electron chi connectivity index (χ0n) is 8.81. The second-order valence-electron chi connectivity index (χ2n) is 4.15. The first-order chi connectivity index (χ1) is 6.66. The van der Waals surface area contributed by atoms with Gasteiger partial charge in [0.1, 0.15) is 0 Å². The molecule has 2 rings (SSSR count). The standard InChI is InChI=1S/C12H16BrN/c1-9-6-11(13)7-10(2)12(9)8-14-4-3-5-14/h6-7H,3-5,8H2,1-2H3. The minimum Gasteiger partial charge on any atom is -0.299 e. The second kappa shape index (κ2) is 4.03. The number of aryl methyl sites for hydroxylation is 2. The Morgan fingerprint density at radius 2 is 1.79 bits per heavy atom. The van der Waals surface area contributed by atoms with Crippen LogP contribution in [0.2, 0.25) is 0 Å². The van der Waals surface area contributed by atoms with Crippen molar-refractivity contribution in [3.8, 4) is 0 Å². The number of halogens is 1. The maximum absolute atomic E-state index is 3.53. The van der Waals surface area contributed by atoms with Gasteiger partial charge in [0.15, 0.2) is 0 Å². The van der Waals surface area contributed by atoms with Gasteiger partial charge in [0.05, 0.1) is 0 Å². The highest BCUT2D eigenvalue weighted by molar-refractivity contribution is 9.10. The van der Waals surface area contributed by atoms with E-state index >= 15 is 0 Å². The molecule has 1 aromatic carbocycles. The molecule has 14 heavy (non-hydrogen) atoms. The summed E-state index contributed by atoms with van der Waals surface area (Å²) in [5, 5.41) is 0. The Bertz CT molecular complexity index is 319. The van der Waals surface area contributed by atoms with Crippen LogP contribution in [0.4, 0.5) is 0 Å². The van der Waals surface area contributed by atoms with Gasteiger partial charge in [-0.15, -0.1) is 0 Å². The molecule has 1 aliphatic rings. The van der Waals surface area contributed by atoms with Crippen molar-refractivity contribution in [2.45, 2.75) is 26.8 Å². The topological polar surface area (TPSA) is 3.24 Å². The van der Waals surface area contributed by atoms with Crippen LogP contribution in [0.15, 0.2) is 16.6 Å². The van der Waals surface area contributed by atoms with E-state index in [1.807, 2.05) is 0 Å².